The summed E-state index contributed by atoms with van der Waals surface area (Å²) in [6.45, 7) is 7.69. The molecule has 2 rings (SSSR count). The molecule has 2 aliphatic rings. The molecular formula is C15H30N2O. The predicted octanol–water partition coefficient (Wildman–Crippen LogP) is 2.41. The number of hydrogen-bond acceptors (Lipinski definition) is 3. The Balaban J connectivity index is 2.06. The molecule has 0 amide bonds. The standard InChI is InChI=1S/C15H30N2O/c1-13(2)18-12-14(16-3)15(8-4-5-9-15)17-10-6-7-11-17/h13-14,16H,4-12H2,1-3H3. The van der Waals surface area contributed by atoms with Crippen LogP contribution in [0.4, 0.5) is 0 Å². The van der Waals surface area contributed by atoms with Crippen LogP contribution in [0.5, 0.6) is 0 Å². The van der Waals surface area contributed by atoms with Crippen molar-refractivity contribution in [3.8, 4) is 0 Å². The third-order valence-electron chi connectivity index (χ3n) is 4.80. The van der Waals surface area contributed by atoms with Crippen LogP contribution >= 0.6 is 0 Å². The van der Waals surface area contributed by atoms with Gasteiger partial charge in [0.05, 0.1) is 12.7 Å². The van der Waals surface area contributed by atoms with Crippen molar-refractivity contribution in [3.63, 3.8) is 0 Å². The van der Waals surface area contributed by atoms with Gasteiger partial charge in [-0.25, -0.2) is 0 Å². The van der Waals surface area contributed by atoms with Crippen molar-refractivity contribution >= 4 is 0 Å². The van der Waals surface area contributed by atoms with Gasteiger partial charge in [-0.05, 0) is 59.7 Å². The number of likely N-dealkylation sites (N-methyl/N-ethyl adjacent to an activating group) is 1. The first-order chi connectivity index (χ1) is 8.69. The third-order valence-corrected chi connectivity index (χ3v) is 4.80. The number of hydrogen-bond donors (Lipinski definition) is 1. The van der Waals surface area contributed by atoms with Crippen LogP contribution in [0.1, 0.15) is 52.4 Å². The van der Waals surface area contributed by atoms with E-state index in [1.165, 1.54) is 51.6 Å². The minimum absolute atomic E-state index is 0.331. The summed E-state index contributed by atoms with van der Waals surface area (Å²) < 4.78 is 5.90. The quantitative estimate of drug-likeness (QED) is 0.788. The molecule has 3 nitrogen and oxygen atoms in total. The van der Waals surface area contributed by atoms with Gasteiger partial charge >= 0.3 is 0 Å². The molecule has 0 aromatic carbocycles. The molecule has 0 aromatic heterocycles. The molecule has 0 spiro atoms. The summed E-state index contributed by atoms with van der Waals surface area (Å²) in [5, 5.41) is 3.55. The van der Waals surface area contributed by atoms with E-state index in [1.807, 2.05) is 0 Å². The lowest BCUT2D eigenvalue weighted by Crippen LogP contribution is -2.60. The van der Waals surface area contributed by atoms with E-state index in [2.05, 4.69) is 31.1 Å². The van der Waals surface area contributed by atoms with E-state index in [0.29, 0.717) is 17.7 Å². The molecule has 18 heavy (non-hydrogen) atoms. The molecule has 1 N–H and O–H groups in total. The molecule has 1 unspecified atom stereocenters. The van der Waals surface area contributed by atoms with Crippen molar-refractivity contribution < 1.29 is 4.74 Å². The minimum Gasteiger partial charge on any atom is -0.377 e. The van der Waals surface area contributed by atoms with Gasteiger partial charge in [-0.3, -0.25) is 4.90 Å². The van der Waals surface area contributed by atoms with Gasteiger partial charge in [0.1, 0.15) is 0 Å². The Morgan fingerprint density at radius 1 is 1.11 bits per heavy atom. The Labute approximate surface area is 112 Å². The fourth-order valence-electron chi connectivity index (χ4n) is 3.83. The van der Waals surface area contributed by atoms with Crippen LogP contribution in [0.3, 0.4) is 0 Å². The van der Waals surface area contributed by atoms with Gasteiger partial charge in [-0.2, -0.15) is 0 Å². The van der Waals surface area contributed by atoms with Gasteiger partial charge < -0.3 is 10.1 Å². The van der Waals surface area contributed by atoms with Gasteiger partial charge in [0.15, 0.2) is 0 Å². The maximum Gasteiger partial charge on any atom is 0.0641 e. The van der Waals surface area contributed by atoms with Crippen LogP contribution in [-0.2, 0) is 4.74 Å². The third kappa shape index (κ3) is 2.89. The number of nitrogens with one attached hydrogen (secondary N) is 1. The fraction of sp³-hybridized carbons (Fsp3) is 1.00. The van der Waals surface area contributed by atoms with Crippen molar-refractivity contribution in [1.82, 2.24) is 10.2 Å². The van der Waals surface area contributed by atoms with E-state index in [9.17, 15) is 0 Å². The van der Waals surface area contributed by atoms with Crippen molar-refractivity contribution in [2.75, 3.05) is 26.7 Å². The summed E-state index contributed by atoms with van der Waals surface area (Å²) in [7, 11) is 2.10. The van der Waals surface area contributed by atoms with Gasteiger partial charge in [0.25, 0.3) is 0 Å². The number of nitrogens with zero attached hydrogens (tertiary/aromatic N) is 1. The second kappa shape index (κ2) is 6.36. The van der Waals surface area contributed by atoms with Crippen LogP contribution in [0.2, 0.25) is 0 Å². The first kappa shape index (κ1) is 14.3. The lowest BCUT2D eigenvalue weighted by atomic mass is 9.86. The summed E-state index contributed by atoms with van der Waals surface area (Å²) in [6, 6.07) is 0.487. The molecule has 1 saturated carbocycles. The average Bonchev–Trinajstić information content (AvgIpc) is 3.00. The highest BCUT2D eigenvalue weighted by Gasteiger charge is 2.46. The van der Waals surface area contributed by atoms with E-state index in [-0.39, 0.29) is 0 Å². The van der Waals surface area contributed by atoms with Crippen LogP contribution in [0.15, 0.2) is 0 Å². The molecule has 3 heteroatoms. The van der Waals surface area contributed by atoms with E-state index in [4.69, 9.17) is 4.74 Å². The Bertz CT molecular complexity index is 243. The fourth-order valence-corrected chi connectivity index (χ4v) is 3.83. The van der Waals surface area contributed by atoms with Gasteiger partial charge in [0.2, 0.25) is 0 Å². The van der Waals surface area contributed by atoms with Crippen LogP contribution in [0.25, 0.3) is 0 Å². The van der Waals surface area contributed by atoms with Crippen molar-refractivity contribution in [3.05, 3.63) is 0 Å². The van der Waals surface area contributed by atoms with Gasteiger partial charge in [-0.15, -0.1) is 0 Å². The summed E-state index contributed by atoms with van der Waals surface area (Å²) >= 11 is 0. The first-order valence-electron chi connectivity index (χ1n) is 7.73. The maximum absolute atomic E-state index is 5.90. The van der Waals surface area contributed by atoms with E-state index < -0.39 is 0 Å². The Kier molecular flexibility index (Phi) is 5.05. The SMILES string of the molecule is CNC(COC(C)C)C1(N2CCCC2)CCCC1. The van der Waals surface area contributed by atoms with Crippen LogP contribution in [0, 0.1) is 0 Å². The zero-order valence-corrected chi connectivity index (χ0v) is 12.4. The smallest absolute Gasteiger partial charge is 0.0641 e. The van der Waals surface area contributed by atoms with Crippen LogP contribution in [-0.4, -0.2) is 49.3 Å². The number of likely N-dealkylation sites (tertiary alicyclic amines) is 1. The molecular weight excluding hydrogens is 224 g/mol. The normalized spacial score (nSPS) is 26.0. The highest BCUT2D eigenvalue weighted by Crippen LogP contribution is 2.40. The lowest BCUT2D eigenvalue weighted by molar-refractivity contribution is 0.00141. The molecule has 1 saturated heterocycles. The van der Waals surface area contributed by atoms with E-state index >= 15 is 0 Å². The Morgan fingerprint density at radius 3 is 2.22 bits per heavy atom. The molecule has 0 radical (unpaired) electrons. The zero-order valence-electron chi connectivity index (χ0n) is 12.4. The molecule has 1 aliphatic carbocycles. The highest BCUT2D eigenvalue weighted by atomic mass is 16.5. The van der Waals surface area contributed by atoms with Crippen molar-refractivity contribution in [2.24, 2.45) is 0 Å². The second-order valence-electron chi connectivity index (χ2n) is 6.23. The largest absolute Gasteiger partial charge is 0.377 e. The summed E-state index contributed by atoms with van der Waals surface area (Å²) in [4.78, 5) is 2.75. The molecule has 106 valence electrons. The van der Waals surface area contributed by atoms with E-state index in [0.717, 1.165) is 6.61 Å². The van der Waals surface area contributed by atoms with Crippen LogP contribution < -0.4 is 5.32 Å². The highest BCUT2D eigenvalue weighted by molar-refractivity contribution is 5.04. The first-order valence-corrected chi connectivity index (χ1v) is 7.73. The van der Waals surface area contributed by atoms with Gasteiger partial charge in [-0.1, -0.05) is 12.8 Å². The Hall–Kier alpha value is -0.120. The monoisotopic (exact) mass is 254 g/mol. The molecule has 0 bridgehead atoms. The molecule has 2 fully saturated rings. The average molecular weight is 254 g/mol. The molecule has 1 atom stereocenters. The molecule has 1 heterocycles. The van der Waals surface area contributed by atoms with Gasteiger partial charge in [0, 0.05) is 11.6 Å². The summed E-state index contributed by atoms with van der Waals surface area (Å²) in [5.74, 6) is 0. The second-order valence-corrected chi connectivity index (χ2v) is 6.23. The zero-order chi connectivity index (χ0) is 13.0. The number of ether oxygens (including phenoxy) is 1. The molecule has 1 aliphatic heterocycles. The lowest BCUT2D eigenvalue weighted by Gasteiger charge is -2.45. The summed E-state index contributed by atoms with van der Waals surface area (Å²) in [6.07, 6.45) is 8.55. The van der Waals surface area contributed by atoms with E-state index in [1.54, 1.807) is 0 Å². The topological polar surface area (TPSA) is 24.5 Å². The predicted molar refractivity (Wildman–Crippen MR) is 75.9 cm³/mol. The molecule has 0 aromatic rings. The maximum atomic E-state index is 5.90. The van der Waals surface area contributed by atoms with Crippen molar-refractivity contribution in [2.45, 2.75) is 70.1 Å². The number of rotatable bonds is 6. The summed E-state index contributed by atoms with van der Waals surface area (Å²) in [5.41, 5.74) is 0.375. The van der Waals surface area contributed by atoms with Crippen molar-refractivity contribution in [1.29, 1.82) is 0 Å². The Morgan fingerprint density at radius 2 is 1.72 bits per heavy atom. The minimum atomic E-state index is 0.331.